The van der Waals surface area contributed by atoms with Crippen molar-refractivity contribution in [2.24, 2.45) is 0 Å². The number of benzene rings is 2. The zero-order valence-corrected chi connectivity index (χ0v) is 25.1. The number of nitrogens with zero attached hydrogens (tertiary/aromatic N) is 1. The molecule has 3 amide bonds. The second-order valence-corrected chi connectivity index (χ2v) is 11.1. The van der Waals surface area contributed by atoms with E-state index in [2.05, 4.69) is 20.9 Å². The third-order valence-corrected chi connectivity index (χ3v) is 7.97. The number of hydrogen-bond donors (Lipinski definition) is 3. The average molecular weight is 619 g/mol. The molecule has 2 heterocycles. The number of nitrogens with one attached hydrogen (secondary N) is 3. The van der Waals surface area contributed by atoms with E-state index in [0.717, 1.165) is 4.90 Å². The molecule has 0 aliphatic rings. The minimum atomic E-state index is -0.546. The smallest absolute Gasteiger partial charge is 0.311 e. The number of carbonyl (C=O) groups excluding carboxylic acids is 4. The van der Waals surface area contributed by atoms with E-state index in [1.165, 1.54) is 35.4 Å². The molecule has 4 aromatic rings. The second-order valence-electron chi connectivity index (χ2n) is 9.01. The van der Waals surface area contributed by atoms with Crippen LogP contribution < -0.4 is 16.0 Å². The molecule has 2 aromatic heterocycles. The molecule has 1 unspecified atom stereocenters. The first-order valence-electron chi connectivity index (χ1n) is 13.4. The molecule has 0 saturated heterocycles. The highest BCUT2D eigenvalue weighted by Crippen LogP contribution is 2.29. The minimum absolute atomic E-state index is 0.00144. The highest BCUT2D eigenvalue weighted by Gasteiger charge is 2.21. The minimum Gasteiger partial charge on any atom is -0.466 e. The second kappa shape index (κ2) is 15.5. The van der Waals surface area contributed by atoms with E-state index in [9.17, 15) is 19.2 Å². The summed E-state index contributed by atoms with van der Waals surface area (Å²) in [6.07, 6.45) is 3.50. The predicted molar refractivity (Wildman–Crippen MR) is 167 cm³/mol. The molecule has 12 heteroatoms. The zero-order chi connectivity index (χ0) is 30.6. The Bertz CT molecular complexity index is 1580. The van der Waals surface area contributed by atoms with E-state index < -0.39 is 17.1 Å². The van der Waals surface area contributed by atoms with Crippen molar-refractivity contribution in [1.29, 1.82) is 0 Å². The SMILES string of the molecule is CCOC(=O)Cc1csc(NC(=O)C(CC)Sc2cccc(NC(=O)/C(=C/c3ccco3)NC(=O)c3ccccc3)c2)n1. The molecule has 10 nitrogen and oxygen atoms in total. The van der Waals surface area contributed by atoms with Crippen molar-refractivity contribution in [3.63, 3.8) is 0 Å². The van der Waals surface area contributed by atoms with Gasteiger partial charge in [-0.1, -0.05) is 31.2 Å². The molecule has 0 radical (unpaired) electrons. The maximum absolute atomic E-state index is 13.3. The third kappa shape index (κ3) is 9.42. The van der Waals surface area contributed by atoms with Gasteiger partial charge in [0.15, 0.2) is 5.13 Å². The first-order chi connectivity index (χ1) is 20.8. The molecule has 2 aromatic carbocycles. The molecule has 3 N–H and O–H groups in total. The van der Waals surface area contributed by atoms with Gasteiger partial charge in [-0.3, -0.25) is 19.2 Å². The van der Waals surface area contributed by atoms with Gasteiger partial charge in [0, 0.05) is 27.6 Å². The molecule has 0 spiro atoms. The van der Waals surface area contributed by atoms with Gasteiger partial charge in [-0.2, -0.15) is 0 Å². The Labute approximate surface area is 256 Å². The number of furan rings is 1. The number of ether oxygens (including phenoxy) is 1. The number of thiazole rings is 1. The van der Waals surface area contributed by atoms with Crippen LogP contribution in [-0.4, -0.2) is 40.5 Å². The first kappa shape index (κ1) is 31.3. The molecule has 4 rings (SSSR count). The van der Waals surface area contributed by atoms with Crippen molar-refractivity contribution in [1.82, 2.24) is 10.3 Å². The number of anilines is 2. The van der Waals surface area contributed by atoms with Crippen LogP contribution in [0.15, 0.2) is 93.4 Å². The van der Waals surface area contributed by atoms with Gasteiger partial charge in [-0.15, -0.1) is 23.1 Å². The van der Waals surface area contributed by atoms with Gasteiger partial charge < -0.3 is 25.1 Å². The van der Waals surface area contributed by atoms with E-state index >= 15 is 0 Å². The van der Waals surface area contributed by atoms with Crippen LogP contribution in [0, 0.1) is 0 Å². The van der Waals surface area contributed by atoms with Crippen molar-refractivity contribution in [2.75, 3.05) is 17.2 Å². The van der Waals surface area contributed by atoms with Crippen molar-refractivity contribution >= 4 is 63.7 Å². The lowest BCUT2D eigenvalue weighted by Crippen LogP contribution is -2.30. The Balaban J connectivity index is 1.41. The lowest BCUT2D eigenvalue weighted by molar-refractivity contribution is -0.142. The molecule has 1 atom stereocenters. The van der Waals surface area contributed by atoms with Gasteiger partial charge in [-0.05, 0) is 55.8 Å². The Hall–Kier alpha value is -4.68. The first-order valence-corrected chi connectivity index (χ1v) is 15.2. The Morgan fingerprint density at radius 1 is 1.02 bits per heavy atom. The van der Waals surface area contributed by atoms with Crippen molar-refractivity contribution in [3.8, 4) is 0 Å². The topological polar surface area (TPSA) is 140 Å². The van der Waals surface area contributed by atoms with Gasteiger partial charge in [0.1, 0.15) is 11.5 Å². The predicted octanol–water partition coefficient (Wildman–Crippen LogP) is 5.76. The Kier molecular flexibility index (Phi) is 11.3. The zero-order valence-electron chi connectivity index (χ0n) is 23.5. The summed E-state index contributed by atoms with van der Waals surface area (Å²) in [5, 5.41) is 9.97. The normalized spacial score (nSPS) is 11.8. The molecule has 0 bridgehead atoms. The number of aromatic nitrogens is 1. The maximum atomic E-state index is 13.3. The molecular weight excluding hydrogens is 588 g/mol. The number of thioether (sulfide) groups is 1. The number of amides is 3. The van der Waals surface area contributed by atoms with Crippen LogP contribution in [0.5, 0.6) is 0 Å². The number of hydrogen-bond acceptors (Lipinski definition) is 9. The lowest BCUT2D eigenvalue weighted by Gasteiger charge is -2.15. The molecule has 0 saturated carbocycles. The summed E-state index contributed by atoms with van der Waals surface area (Å²) in [6.45, 7) is 3.93. The summed E-state index contributed by atoms with van der Waals surface area (Å²) < 4.78 is 10.3. The molecule has 222 valence electrons. The highest BCUT2D eigenvalue weighted by molar-refractivity contribution is 8.00. The quantitative estimate of drug-likeness (QED) is 0.0976. The third-order valence-electron chi connectivity index (χ3n) is 5.80. The molecule has 0 aliphatic carbocycles. The van der Waals surface area contributed by atoms with E-state index in [1.54, 1.807) is 73.0 Å². The van der Waals surface area contributed by atoms with Crippen LogP contribution in [0.25, 0.3) is 6.08 Å². The summed E-state index contributed by atoms with van der Waals surface area (Å²) in [6, 6.07) is 19.0. The Morgan fingerprint density at radius 3 is 2.56 bits per heavy atom. The summed E-state index contributed by atoms with van der Waals surface area (Å²) in [7, 11) is 0. The standard InChI is InChI=1S/C31H30N4O6S2/c1-3-26(30(39)35-31-33-22(19-42-31)17-27(36)40-4-2)43-24-14-8-12-21(16-24)32-29(38)25(18-23-13-9-15-41-23)34-28(37)20-10-6-5-7-11-20/h5-16,18-19,26H,3-4,17H2,1-2H3,(H,32,38)(H,34,37)(H,33,35,39)/b25-18-. The van der Waals surface area contributed by atoms with Crippen molar-refractivity contribution in [3.05, 3.63) is 101 Å². The van der Waals surface area contributed by atoms with E-state index in [1.807, 2.05) is 13.0 Å². The van der Waals surface area contributed by atoms with E-state index in [4.69, 9.17) is 9.15 Å². The van der Waals surface area contributed by atoms with Crippen LogP contribution in [-0.2, 0) is 25.5 Å². The summed E-state index contributed by atoms with van der Waals surface area (Å²) in [5.41, 5.74) is 1.41. The molecule has 43 heavy (non-hydrogen) atoms. The molecule has 0 fully saturated rings. The fourth-order valence-corrected chi connectivity index (χ4v) is 5.51. The van der Waals surface area contributed by atoms with E-state index in [-0.39, 0.29) is 24.0 Å². The number of rotatable bonds is 13. The van der Waals surface area contributed by atoms with Crippen LogP contribution in [0.1, 0.15) is 42.1 Å². The number of esters is 1. The summed E-state index contributed by atoms with van der Waals surface area (Å²) in [5.74, 6) is -1.20. The van der Waals surface area contributed by atoms with Gasteiger partial charge in [-0.25, -0.2) is 4.98 Å². The molecular formula is C31H30N4O6S2. The largest absolute Gasteiger partial charge is 0.466 e. The van der Waals surface area contributed by atoms with Crippen LogP contribution >= 0.6 is 23.1 Å². The maximum Gasteiger partial charge on any atom is 0.311 e. The van der Waals surface area contributed by atoms with Gasteiger partial charge >= 0.3 is 5.97 Å². The Morgan fingerprint density at radius 2 is 1.84 bits per heavy atom. The fraction of sp³-hybridized carbons (Fsp3) is 0.194. The van der Waals surface area contributed by atoms with Gasteiger partial charge in [0.25, 0.3) is 11.8 Å². The monoisotopic (exact) mass is 618 g/mol. The fourth-order valence-electron chi connectivity index (χ4n) is 3.78. The van der Waals surface area contributed by atoms with Crippen LogP contribution in [0.3, 0.4) is 0 Å². The van der Waals surface area contributed by atoms with Crippen LogP contribution in [0.4, 0.5) is 10.8 Å². The van der Waals surface area contributed by atoms with Crippen LogP contribution in [0.2, 0.25) is 0 Å². The van der Waals surface area contributed by atoms with E-state index in [0.29, 0.717) is 40.9 Å². The average Bonchev–Trinajstić information content (AvgIpc) is 3.68. The summed E-state index contributed by atoms with van der Waals surface area (Å²) >= 11 is 2.58. The lowest BCUT2D eigenvalue weighted by atomic mass is 10.2. The van der Waals surface area contributed by atoms with Gasteiger partial charge in [0.05, 0.1) is 30.2 Å². The van der Waals surface area contributed by atoms with Gasteiger partial charge in [0.2, 0.25) is 5.91 Å². The molecule has 0 aliphatic heterocycles. The van der Waals surface area contributed by atoms with Crippen molar-refractivity contribution < 1.29 is 28.3 Å². The highest BCUT2D eigenvalue weighted by atomic mass is 32.2. The summed E-state index contributed by atoms with van der Waals surface area (Å²) in [4.78, 5) is 55.9. The van der Waals surface area contributed by atoms with Crippen molar-refractivity contribution in [2.45, 2.75) is 36.8 Å². The number of carbonyl (C=O) groups is 4.